The van der Waals surface area contributed by atoms with Crippen LogP contribution in [0.3, 0.4) is 0 Å². The Labute approximate surface area is 213 Å². The molecule has 4 rings (SSSR count). The topological polar surface area (TPSA) is 9.23 Å². The Morgan fingerprint density at radius 1 is 0.972 bits per heavy atom. The monoisotopic (exact) mass is 492 g/mol. The number of fused-ring (bicyclic) bond motifs is 1. The first-order valence-electron chi connectivity index (χ1n) is 13.1. The fourth-order valence-electron chi connectivity index (χ4n) is 5.99. The maximum absolute atomic E-state index is 15.1. The van der Waals surface area contributed by atoms with Crippen molar-refractivity contribution in [3.05, 3.63) is 89.3 Å². The molecule has 2 aliphatic carbocycles. The number of hydrogen-bond donors (Lipinski definition) is 0. The van der Waals surface area contributed by atoms with Crippen molar-refractivity contribution < 1.29 is 17.9 Å². The van der Waals surface area contributed by atoms with Gasteiger partial charge in [0.25, 0.3) is 0 Å². The number of benzene rings is 2. The van der Waals surface area contributed by atoms with Gasteiger partial charge in [-0.2, -0.15) is 0 Å². The summed E-state index contributed by atoms with van der Waals surface area (Å²) in [5, 5.41) is 0. The standard InChI is InChI=1S/C32H35F3O/c1-3-5-6-7-22-9-12-26-21-27(14-13-25(26)19-22)28-16-15-24(31(34)32(28)35)11-8-23-10-17-30(29(33)20-23)36-18-4-2/h3-5,10,15-17,20,22,25-27H,2,6-7,9,12-14,18-19,21H2,1H3/b5-3+. The fraction of sp³-hybridized carbons (Fsp3) is 0.438. The van der Waals surface area contributed by atoms with E-state index in [0.717, 1.165) is 37.5 Å². The number of allylic oxidation sites excluding steroid dienone is 2. The van der Waals surface area contributed by atoms with E-state index in [2.05, 4.69) is 37.5 Å². The average Bonchev–Trinajstić information content (AvgIpc) is 2.89. The molecule has 2 aliphatic rings. The van der Waals surface area contributed by atoms with Gasteiger partial charge in [0.1, 0.15) is 6.61 Å². The Morgan fingerprint density at radius 2 is 1.78 bits per heavy atom. The van der Waals surface area contributed by atoms with Gasteiger partial charge in [-0.15, -0.1) is 0 Å². The minimum absolute atomic E-state index is 0.0148. The highest BCUT2D eigenvalue weighted by molar-refractivity contribution is 5.46. The van der Waals surface area contributed by atoms with Gasteiger partial charge in [0.15, 0.2) is 23.2 Å². The zero-order chi connectivity index (χ0) is 25.5. The van der Waals surface area contributed by atoms with E-state index in [1.54, 1.807) is 18.2 Å². The predicted octanol–water partition coefficient (Wildman–Crippen LogP) is 8.72. The number of hydrogen-bond acceptors (Lipinski definition) is 1. The van der Waals surface area contributed by atoms with Crippen LogP contribution in [0, 0.1) is 47.0 Å². The quantitative estimate of drug-likeness (QED) is 0.277. The van der Waals surface area contributed by atoms with Crippen LogP contribution in [-0.4, -0.2) is 6.61 Å². The molecule has 4 unspecified atom stereocenters. The van der Waals surface area contributed by atoms with Crippen LogP contribution in [0.1, 0.15) is 80.9 Å². The molecule has 1 nitrogen and oxygen atoms in total. The van der Waals surface area contributed by atoms with E-state index in [1.807, 2.05) is 0 Å². The molecule has 2 aromatic carbocycles. The minimum Gasteiger partial charge on any atom is -0.486 e. The van der Waals surface area contributed by atoms with Crippen LogP contribution in [0.5, 0.6) is 5.75 Å². The van der Waals surface area contributed by atoms with Crippen LogP contribution in [0.2, 0.25) is 0 Å². The molecule has 2 aromatic rings. The highest BCUT2D eigenvalue weighted by Crippen LogP contribution is 2.48. The second kappa shape index (κ2) is 12.3. The molecule has 2 fully saturated rings. The lowest BCUT2D eigenvalue weighted by atomic mass is 9.63. The predicted molar refractivity (Wildman–Crippen MR) is 139 cm³/mol. The molecular weight excluding hydrogens is 457 g/mol. The Balaban J connectivity index is 1.41. The van der Waals surface area contributed by atoms with Gasteiger partial charge in [-0.3, -0.25) is 0 Å². The van der Waals surface area contributed by atoms with Crippen molar-refractivity contribution >= 4 is 0 Å². The lowest BCUT2D eigenvalue weighted by Gasteiger charge is -2.42. The maximum Gasteiger partial charge on any atom is 0.174 e. The molecule has 0 spiro atoms. The third-order valence-corrected chi connectivity index (χ3v) is 7.88. The van der Waals surface area contributed by atoms with E-state index in [4.69, 9.17) is 4.74 Å². The molecule has 4 atom stereocenters. The van der Waals surface area contributed by atoms with Crippen LogP contribution in [0.25, 0.3) is 0 Å². The van der Waals surface area contributed by atoms with Crippen LogP contribution >= 0.6 is 0 Å². The molecular formula is C32H35F3O. The minimum atomic E-state index is -0.916. The molecule has 2 saturated carbocycles. The summed E-state index contributed by atoms with van der Waals surface area (Å²) in [6, 6.07) is 7.54. The van der Waals surface area contributed by atoms with Crippen molar-refractivity contribution in [1.82, 2.24) is 0 Å². The van der Waals surface area contributed by atoms with E-state index in [9.17, 15) is 8.78 Å². The lowest BCUT2D eigenvalue weighted by Crippen LogP contribution is -2.30. The SMILES string of the molecule is C=CCOc1ccc(C#Cc2ccc(C3CCC4CC(CC/C=C/C)CCC4C3)c(F)c2F)cc1F. The van der Waals surface area contributed by atoms with Crippen molar-refractivity contribution in [2.75, 3.05) is 6.61 Å². The first-order chi connectivity index (χ1) is 17.5. The summed E-state index contributed by atoms with van der Waals surface area (Å²) in [7, 11) is 0. The molecule has 0 amide bonds. The van der Waals surface area contributed by atoms with Crippen molar-refractivity contribution in [3.8, 4) is 17.6 Å². The zero-order valence-corrected chi connectivity index (χ0v) is 21.0. The molecule has 0 heterocycles. The molecule has 190 valence electrons. The molecule has 0 aromatic heterocycles. The van der Waals surface area contributed by atoms with Gasteiger partial charge in [-0.1, -0.05) is 49.1 Å². The van der Waals surface area contributed by atoms with Gasteiger partial charge in [-0.05, 0) is 105 Å². The van der Waals surface area contributed by atoms with E-state index in [0.29, 0.717) is 17.0 Å². The van der Waals surface area contributed by atoms with Gasteiger partial charge in [0, 0.05) is 5.56 Å². The molecule has 36 heavy (non-hydrogen) atoms. The van der Waals surface area contributed by atoms with Gasteiger partial charge >= 0.3 is 0 Å². The van der Waals surface area contributed by atoms with Crippen LogP contribution in [0.15, 0.2) is 55.1 Å². The Kier molecular flexibility index (Phi) is 8.97. The van der Waals surface area contributed by atoms with E-state index in [-0.39, 0.29) is 23.8 Å². The molecule has 0 bridgehead atoms. The summed E-state index contributed by atoms with van der Waals surface area (Å²) in [5.74, 6) is 5.42. The van der Waals surface area contributed by atoms with Crippen molar-refractivity contribution in [2.45, 2.75) is 64.2 Å². The van der Waals surface area contributed by atoms with E-state index >= 15 is 4.39 Å². The second-order valence-corrected chi connectivity index (χ2v) is 10.2. The fourth-order valence-corrected chi connectivity index (χ4v) is 5.99. The number of ether oxygens (including phenoxy) is 1. The summed E-state index contributed by atoms with van der Waals surface area (Å²) in [6.45, 7) is 5.79. The maximum atomic E-state index is 15.1. The van der Waals surface area contributed by atoms with Gasteiger partial charge in [0.05, 0.1) is 5.56 Å². The summed E-state index contributed by atoms with van der Waals surface area (Å²) in [6.07, 6.45) is 15.0. The highest BCUT2D eigenvalue weighted by Gasteiger charge is 2.36. The summed E-state index contributed by atoms with van der Waals surface area (Å²) >= 11 is 0. The van der Waals surface area contributed by atoms with E-state index in [1.165, 1.54) is 43.9 Å². The van der Waals surface area contributed by atoms with Gasteiger partial charge < -0.3 is 4.74 Å². The van der Waals surface area contributed by atoms with E-state index < -0.39 is 17.5 Å². The highest BCUT2D eigenvalue weighted by atomic mass is 19.2. The van der Waals surface area contributed by atoms with Crippen molar-refractivity contribution in [2.24, 2.45) is 17.8 Å². The zero-order valence-electron chi connectivity index (χ0n) is 21.0. The van der Waals surface area contributed by atoms with Crippen LogP contribution < -0.4 is 4.74 Å². The lowest BCUT2D eigenvalue weighted by molar-refractivity contribution is 0.114. The van der Waals surface area contributed by atoms with Gasteiger partial charge in [0.2, 0.25) is 0 Å². The van der Waals surface area contributed by atoms with Gasteiger partial charge in [-0.25, -0.2) is 13.2 Å². The molecule has 0 radical (unpaired) electrons. The Morgan fingerprint density at radius 3 is 2.56 bits per heavy atom. The number of rotatable bonds is 7. The first-order valence-corrected chi connectivity index (χ1v) is 13.1. The summed E-state index contributed by atoms with van der Waals surface area (Å²) in [4.78, 5) is 0. The second-order valence-electron chi connectivity index (χ2n) is 10.2. The first kappa shape index (κ1) is 26.1. The summed E-state index contributed by atoms with van der Waals surface area (Å²) in [5.41, 5.74) is 0.822. The summed E-state index contributed by atoms with van der Waals surface area (Å²) < 4.78 is 49.4. The Hall–Kier alpha value is -2.93. The number of halogens is 3. The third kappa shape index (κ3) is 6.25. The third-order valence-electron chi connectivity index (χ3n) is 7.88. The van der Waals surface area contributed by atoms with Crippen molar-refractivity contribution in [1.29, 1.82) is 0 Å². The molecule has 0 saturated heterocycles. The molecule has 0 N–H and O–H groups in total. The van der Waals surface area contributed by atoms with Crippen LogP contribution in [-0.2, 0) is 0 Å². The Bertz CT molecular complexity index is 1160. The normalized spacial score (nSPS) is 23.6. The largest absolute Gasteiger partial charge is 0.486 e. The van der Waals surface area contributed by atoms with Crippen molar-refractivity contribution in [3.63, 3.8) is 0 Å². The average molecular weight is 493 g/mol. The smallest absolute Gasteiger partial charge is 0.174 e. The molecule has 4 heteroatoms. The van der Waals surface area contributed by atoms with Crippen LogP contribution in [0.4, 0.5) is 13.2 Å². The molecule has 0 aliphatic heterocycles.